The molecule has 0 aliphatic carbocycles. The highest BCUT2D eigenvalue weighted by atomic mass is 16.5. The van der Waals surface area contributed by atoms with Gasteiger partial charge in [0.05, 0.1) is 5.41 Å². The first-order chi connectivity index (χ1) is 8.33. The molecule has 1 saturated heterocycles. The summed E-state index contributed by atoms with van der Waals surface area (Å²) < 4.78 is 5.28. The minimum atomic E-state index is -1.01. The molecule has 0 aromatic rings. The summed E-state index contributed by atoms with van der Waals surface area (Å²) in [6, 6.07) is 0.0750. The van der Waals surface area contributed by atoms with Gasteiger partial charge in [0, 0.05) is 25.7 Å². The van der Waals surface area contributed by atoms with Gasteiger partial charge in [-0.1, -0.05) is 0 Å². The molecule has 1 fully saturated rings. The Morgan fingerprint density at radius 3 is 2.44 bits per heavy atom. The summed E-state index contributed by atoms with van der Waals surface area (Å²) in [5, 5.41) is 11.9. The molecule has 104 valence electrons. The van der Waals surface area contributed by atoms with Crippen LogP contribution in [0.25, 0.3) is 0 Å². The summed E-state index contributed by atoms with van der Waals surface area (Å²) in [4.78, 5) is 22.8. The molecule has 1 unspecified atom stereocenters. The molecule has 5 nitrogen and oxygen atoms in total. The first kappa shape index (κ1) is 15.0. The Morgan fingerprint density at radius 2 is 1.94 bits per heavy atom. The van der Waals surface area contributed by atoms with Crippen molar-refractivity contribution < 1.29 is 19.4 Å². The number of rotatable bonds is 5. The lowest BCUT2D eigenvalue weighted by Gasteiger charge is -2.29. The lowest BCUT2D eigenvalue weighted by Crippen LogP contribution is -2.42. The lowest BCUT2D eigenvalue weighted by atomic mass is 9.88. The van der Waals surface area contributed by atoms with Crippen LogP contribution >= 0.6 is 0 Å². The molecule has 0 bridgehead atoms. The van der Waals surface area contributed by atoms with Gasteiger partial charge in [-0.15, -0.1) is 0 Å². The first-order valence-corrected chi connectivity index (χ1v) is 6.43. The number of aliphatic carboxylic acids is 1. The van der Waals surface area contributed by atoms with Crippen molar-refractivity contribution in [3.8, 4) is 0 Å². The SMILES string of the molecule is CC(NC(=O)CC(C)(C)C(=O)O)C1CCOCC1. The monoisotopic (exact) mass is 257 g/mol. The number of hydrogen-bond acceptors (Lipinski definition) is 3. The van der Waals surface area contributed by atoms with Gasteiger partial charge in [0.1, 0.15) is 0 Å². The van der Waals surface area contributed by atoms with Gasteiger partial charge in [-0.2, -0.15) is 0 Å². The number of carbonyl (C=O) groups excluding carboxylic acids is 1. The van der Waals surface area contributed by atoms with Gasteiger partial charge < -0.3 is 15.2 Å². The molecular weight excluding hydrogens is 234 g/mol. The molecule has 1 aliphatic rings. The van der Waals surface area contributed by atoms with Crippen LogP contribution in [0.15, 0.2) is 0 Å². The van der Waals surface area contributed by atoms with Gasteiger partial charge in [-0.3, -0.25) is 9.59 Å². The predicted octanol–water partition coefficient (Wildman–Crippen LogP) is 1.42. The van der Waals surface area contributed by atoms with E-state index in [0.29, 0.717) is 5.92 Å². The fourth-order valence-electron chi connectivity index (χ4n) is 2.12. The molecule has 18 heavy (non-hydrogen) atoms. The molecule has 1 atom stereocenters. The maximum atomic E-state index is 11.8. The summed E-state index contributed by atoms with van der Waals surface area (Å²) in [5.74, 6) is -0.714. The van der Waals surface area contributed by atoms with Crippen molar-refractivity contribution in [1.29, 1.82) is 0 Å². The summed E-state index contributed by atoms with van der Waals surface area (Å²) >= 11 is 0. The number of carbonyl (C=O) groups is 2. The Kier molecular flexibility index (Phi) is 5.14. The topological polar surface area (TPSA) is 75.6 Å². The predicted molar refractivity (Wildman–Crippen MR) is 67.2 cm³/mol. The highest BCUT2D eigenvalue weighted by Crippen LogP contribution is 2.22. The van der Waals surface area contributed by atoms with Crippen LogP contribution < -0.4 is 5.32 Å². The number of carboxylic acid groups (broad SMARTS) is 1. The van der Waals surface area contributed by atoms with Crippen LogP contribution in [0.3, 0.4) is 0 Å². The van der Waals surface area contributed by atoms with E-state index < -0.39 is 11.4 Å². The van der Waals surface area contributed by atoms with Crippen LogP contribution in [0.5, 0.6) is 0 Å². The smallest absolute Gasteiger partial charge is 0.309 e. The van der Waals surface area contributed by atoms with Crippen LogP contribution in [-0.2, 0) is 14.3 Å². The van der Waals surface area contributed by atoms with Crippen LogP contribution in [0, 0.1) is 11.3 Å². The van der Waals surface area contributed by atoms with Crippen molar-refractivity contribution in [3.63, 3.8) is 0 Å². The minimum absolute atomic E-state index is 0.00981. The molecule has 0 aromatic heterocycles. The third-order valence-electron chi connectivity index (χ3n) is 3.54. The number of nitrogens with one attached hydrogen (secondary N) is 1. The third-order valence-corrected chi connectivity index (χ3v) is 3.54. The molecule has 1 heterocycles. The van der Waals surface area contributed by atoms with E-state index in [9.17, 15) is 9.59 Å². The second-order valence-corrected chi connectivity index (χ2v) is 5.67. The number of ether oxygens (including phenoxy) is 1. The molecular formula is C13H23NO4. The molecule has 1 amide bonds. The number of carboxylic acids is 1. The van der Waals surface area contributed by atoms with Gasteiger partial charge in [0.15, 0.2) is 0 Å². The molecule has 1 rings (SSSR count). The van der Waals surface area contributed by atoms with Gasteiger partial charge in [-0.05, 0) is 39.5 Å². The van der Waals surface area contributed by atoms with E-state index >= 15 is 0 Å². The standard InChI is InChI=1S/C13H23NO4/c1-9(10-4-6-18-7-5-10)14-11(15)8-13(2,3)12(16)17/h9-10H,4-8H2,1-3H3,(H,14,15)(H,16,17). The zero-order valence-electron chi connectivity index (χ0n) is 11.4. The fraction of sp³-hybridized carbons (Fsp3) is 0.846. The van der Waals surface area contributed by atoms with Crippen molar-refractivity contribution in [2.75, 3.05) is 13.2 Å². The Hall–Kier alpha value is -1.10. The van der Waals surface area contributed by atoms with E-state index in [4.69, 9.17) is 9.84 Å². The Bertz CT molecular complexity index is 308. The molecule has 0 spiro atoms. The van der Waals surface area contributed by atoms with Crippen LogP contribution in [0.1, 0.15) is 40.0 Å². The molecule has 2 N–H and O–H groups in total. The van der Waals surface area contributed by atoms with Crippen molar-refractivity contribution in [2.45, 2.75) is 46.1 Å². The first-order valence-electron chi connectivity index (χ1n) is 6.43. The zero-order chi connectivity index (χ0) is 13.8. The van der Waals surface area contributed by atoms with E-state index in [1.54, 1.807) is 13.8 Å². The molecule has 0 saturated carbocycles. The summed E-state index contributed by atoms with van der Waals surface area (Å²) in [5.41, 5.74) is -1.01. The summed E-state index contributed by atoms with van der Waals surface area (Å²) in [7, 11) is 0. The average molecular weight is 257 g/mol. The highest BCUT2D eigenvalue weighted by Gasteiger charge is 2.31. The molecule has 0 aromatic carbocycles. The van der Waals surface area contributed by atoms with Gasteiger partial charge in [-0.25, -0.2) is 0 Å². The van der Waals surface area contributed by atoms with Crippen molar-refractivity contribution in [2.24, 2.45) is 11.3 Å². The maximum absolute atomic E-state index is 11.8. The van der Waals surface area contributed by atoms with E-state index in [0.717, 1.165) is 26.1 Å². The Morgan fingerprint density at radius 1 is 1.39 bits per heavy atom. The Balaban J connectivity index is 2.41. The minimum Gasteiger partial charge on any atom is -0.481 e. The fourth-order valence-corrected chi connectivity index (χ4v) is 2.12. The zero-order valence-corrected chi connectivity index (χ0v) is 11.4. The molecule has 0 radical (unpaired) electrons. The van der Waals surface area contributed by atoms with Crippen molar-refractivity contribution >= 4 is 11.9 Å². The lowest BCUT2D eigenvalue weighted by molar-refractivity contribution is -0.149. The van der Waals surface area contributed by atoms with Gasteiger partial charge in [0.2, 0.25) is 5.91 Å². The largest absolute Gasteiger partial charge is 0.481 e. The quantitative estimate of drug-likeness (QED) is 0.781. The summed E-state index contributed by atoms with van der Waals surface area (Å²) in [6.45, 7) is 6.58. The maximum Gasteiger partial charge on any atom is 0.309 e. The van der Waals surface area contributed by atoms with E-state index in [-0.39, 0.29) is 18.4 Å². The highest BCUT2D eigenvalue weighted by molar-refractivity contribution is 5.84. The molecule has 5 heteroatoms. The Labute approximate surface area is 108 Å². The normalized spacial score (nSPS) is 19.3. The number of hydrogen-bond donors (Lipinski definition) is 2. The third kappa shape index (κ3) is 4.29. The summed E-state index contributed by atoms with van der Waals surface area (Å²) in [6.07, 6.45) is 1.91. The van der Waals surface area contributed by atoms with E-state index in [1.807, 2.05) is 6.92 Å². The number of amides is 1. The second kappa shape index (κ2) is 6.18. The van der Waals surface area contributed by atoms with Gasteiger partial charge in [0.25, 0.3) is 0 Å². The average Bonchev–Trinajstić information content (AvgIpc) is 2.29. The van der Waals surface area contributed by atoms with Crippen LogP contribution in [-0.4, -0.2) is 36.2 Å². The van der Waals surface area contributed by atoms with E-state index in [1.165, 1.54) is 0 Å². The van der Waals surface area contributed by atoms with Crippen molar-refractivity contribution in [1.82, 2.24) is 5.32 Å². The van der Waals surface area contributed by atoms with Crippen LogP contribution in [0.4, 0.5) is 0 Å². The second-order valence-electron chi connectivity index (χ2n) is 5.67. The van der Waals surface area contributed by atoms with Crippen LogP contribution in [0.2, 0.25) is 0 Å². The van der Waals surface area contributed by atoms with Gasteiger partial charge >= 0.3 is 5.97 Å². The van der Waals surface area contributed by atoms with E-state index in [2.05, 4.69) is 5.32 Å². The molecule has 1 aliphatic heterocycles. The van der Waals surface area contributed by atoms with Crippen molar-refractivity contribution in [3.05, 3.63) is 0 Å².